The van der Waals surface area contributed by atoms with E-state index < -0.39 is 86.2 Å². The number of rotatable bonds is 14. The Morgan fingerprint density at radius 3 is 2.53 bits per heavy atom. The lowest BCUT2D eigenvalue weighted by Crippen LogP contribution is -2.58. The van der Waals surface area contributed by atoms with E-state index in [9.17, 15) is 36.8 Å². The van der Waals surface area contributed by atoms with E-state index >= 15 is 0 Å². The number of hydrogen-bond acceptors (Lipinski definition) is 10. The smallest absolute Gasteiger partial charge is 0.410 e. The molecule has 5 amide bonds. The predicted molar refractivity (Wildman–Crippen MR) is 189 cm³/mol. The van der Waals surface area contributed by atoms with Gasteiger partial charge in [-0.15, -0.1) is 0 Å². The van der Waals surface area contributed by atoms with Crippen LogP contribution >= 0.6 is 0 Å². The number of carbonyl (C=O) groups excluding carboxylic acids is 5. The van der Waals surface area contributed by atoms with E-state index in [-0.39, 0.29) is 45.5 Å². The summed E-state index contributed by atoms with van der Waals surface area (Å²) in [6.45, 7) is 6.64. The first-order valence-electron chi connectivity index (χ1n) is 18.2. The normalized spacial score (nSPS) is 24.4. The van der Waals surface area contributed by atoms with Crippen molar-refractivity contribution in [3.63, 3.8) is 0 Å². The van der Waals surface area contributed by atoms with Gasteiger partial charge in [0.05, 0.1) is 18.3 Å². The third-order valence-electron chi connectivity index (χ3n) is 9.73. The Bertz CT molecular complexity index is 1730. The molecule has 4 aliphatic rings. The number of alkyl carbamates (subject to hydrolysis) is 1. The number of allylic oxidation sites excluding steroid dienone is 1. The maximum Gasteiger partial charge on any atom is 0.410 e. The lowest BCUT2D eigenvalue weighted by molar-refractivity contribution is -0.141. The van der Waals surface area contributed by atoms with Gasteiger partial charge < -0.3 is 30.1 Å². The first-order chi connectivity index (χ1) is 25.0. The molecule has 0 bridgehead atoms. The van der Waals surface area contributed by atoms with Crippen LogP contribution in [0.1, 0.15) is 90.2 Å². The van der Waals surface area contributed by atoms with Gasteiger partial charge in [0.25, 0.3) is 5.91 Å². The van der Waals surface area contributed by atoms with E-state index in [1.165, 1.54) is 15.9 Å². The highest BCUT2D eigenvalue weighted by molar-refractivity contribution is 7.91. The number of benzene rings is 1. The third-order valence-corrected chi connectivity index (χ3v) is 11.5. The minimum Gasteiger partial charge on any atom is -0.444 e. The number of aliphatic hydroxyl groups is 1. The van der Waals surface area contributed by atoms with E-state index in [2.05, 4.69) is 15.4 Å². The van der Waals surface area contributed by atoms with Crippen LogP contribution in [-0.4, -0.2) is 101 Å². The van der Waals surface area contributed by atoms with Crippen LogP contribution in [0.5, 0.6) is 0 Å². The number of aliphatic hydroxyl groups excluding tert-OH is 1. The summed E-state index contributed by atoms with van der Waals surface area (Å²) >= 11 is 0. The van der Waals surface area contributed by atoms with Crippen LogP contribution in [0.2, 0.25) is 0 Å². The quantitative estimate of drug-likeness (QED) is 0.161. The molecule has 2 heterocycles. The number of carbonyl (C=O) groups is 5. The van der Waals surface area contributed by atoms with Crippen LogP contribution in [0, 0.1) is 11.7 Å². The van der Waals surface area contributed by atoms with Gasteiger partial charge in [-0.2, -0.15) is 0 Å². The number of unbranched alkanes of at least 4 members (excludes halogenated alkanes) is 1. The van der Waals surface area contributed by atoms with E-state index in [0.29, 0.717) is 43.2 Å². The number of ether oxygens (including phenoxy) is 2. The molecule has 2 saturated carbocycles. The molecule has 3 fully saturated rings. The molecule has 2 aliphatic carbocycles. The molecule has 5 atom stereocenters. The number of fused-ring (bicyclic) bond motifs is 1. The summed E-state index contributed by atoms with van der Waals surface area (Å²) in [4.78, 5) is 70.6. The zero-order valence-corrected chi connectivity index (χ0v) is 31.4. The largest absolute Gasteiger partial charge is 0.444 e. The van der Waals surface area contributed by atoms with Gasteiger partial charge in [-0.3, -0.25) is 24.0 Å². The minimum absolute atomic E-state index is 0.0207. The molecule has 0 unspecified atom stereocenters. The first kappa shape index (κ1) is 39.9. The van der Waals surface area contributed by atoms with Crippen LogP contribution in [0.4, 0.5) is 14.0 Å². The Labute approximate surface area is 309 Å². The Hall–Kier alpha value is -4.25. The summed E-state index contributed by atoms with van der Waals surface area (Å²) in [5.74, 6) is -3.33. The maximum atomic E-state index is 14.4. The molecule has 292 valence electrons. The van der Waals surface area contributed by atoms with Crippen molar-refractivity contribution in [2.75, 3.05) is 13.2 Å². The molecule has 53 heavy (non-hydrogen) atoms. The maximum absolute atomic E-state index is 14.4. The summed E-state index contributed by atoms with van der Waals surface area (Å²) in [6, 6.07) is 2.17. The summed E-state index contributed by atoms with van der Waals surface area (Å²) in [6.07, 6.45) is 3.23. The Morgan fingerprint density at radius 2 is 1.89 bits per heavy atom. The van der Waals surface area contributed by atoms with Crippen LogP contribution in [0.15, 0.2) is 30.4 Å². The molecule has 0 radical (unpaired) electrons. The number of nitrogens with zero attached hydrogens (tertiary/aromatic N) is 2. The molecule has 1 aromatic rings. The summed E-state index contributed by atoms with van der Waals surface area (Å²) in [5, 5.41) is 13.8. The molecule has 1 aromatic carbocycles. The van der Waals surface area contributed by atoms with Gasteiger partial charge in [-0.25, -0.2) is 22.4 Å². The van der Waals surface area contributed by atoms with Crippen molar-refractivity contribution in [2.24, 2.45) is 5.92 Å². The van der Waals surface area contributed by atoms with Crippen molar-refractivity contribution in [3.05, 3.63) is 47.3 Å². The average molecular weight is 764 g/mol. The van der Waals surface area contributed by atoms with Gasteiger partial charge in [-0.05, 0) is 70.9 Å². The fourth-order valence-corrected chi connectivity index (χ4v) is 8.10. The van der Waals surface area contributed by atoms with Crippen molar-refractivity contribution in [2.45, 2.75) is 127 Å². The molecule has 0 spiro atoms. The van der Waals surface area contributed by atoms with Crippen molar-refractivity contribution in [3.8, 4) is 0 Å². The van der Waals surface area contributed by atoms with Crippen molar-refractivity contribution in [1.29, 1.82) is 0 Å². The first-order valence-corrected chi connectivity index (χ1v) is 19.7. The number of halogens is 1. The van der Waals surface area contributed by atoms with Gasteiger partial charge in [0, 0.05) is 31.1 Å². The highest BCUT2D eigenvalue weighted by Crippen LogP contribution is 2.46. The summed E-state index contributed by atoms with van der Waals surface area (Å²) in [7, 11) is -3.97. The van der Waals surface area contributed by atoms with Gasteiger partial charge in [0.1, 0.15) is 35.1 Å². The predicted octanol–water partition coefficient (Wildman–Crippen LogP) is 2.75. The molecule has 1 saturated heterocycles. The number of hydrogen-bond donors (Lipinski definition) is 4. The Morgan fingerprint density at radius 1 is 1.15 bits per heavy atom. The average Bonchev–Trinajstić information content (AvgIpc) is 3.96. The topological polar surface area (TPSA) is 201 Å². The number of sulfonamides is 1. The van der Waals surface area contributed by atoms with Crippen molar-refractivity contribution in [1.82, 2.24) is 25.2 Å². The van der Waals surface area contributed by atoms with E-state index in [0.717, 1.165) is 0 Å². The van der Waals surface area contributed by atoms with Gasteiger partial charge in [0.2, 0.25) is 21.8 Å². The lowest BCUT2D eigenvalue weighted by Gasteiger charge is -2.30. The zero-order valence-electron chi connectivity index (χ0n) is 30.6. The molecule has 15 nitrogen and oxygen atoms in total. The monoisotopic (exact) mass is 763 g/mol. The van der Waals surface area contributed by atoms with E-state index in [1.54, 1.807) is 45.1 Å². The Balaban J connectivity index is 1.37. The molecule has 2 aliphatic heterocycles. The minimum atomic E-state index is -3.97. The number of amides is 5. The second kappa shape index (κ2) is 16.0. The fourth-order valence-electron chi connectivity index (χ4n) is 6.73. The van der Waals surface area contributed by atoms with E-state index in [1.807, 2.05) is 6.92 Å². The molecule has 5 rings (SSSR count). The molecular formula is C36H50FN5O10S. The summed E-state index contributed by atoms with van der Waals surface area (Å²) in [5.41, 5.74) is -1.49. The Kier molecular flexibility index (Phi) is 12.1. The highest BCUT2D eigenvalue weighted by atomic mass is 32.2. The van der Waals surface area contributed by atoms with Crippen LogP contribution in [0.3, 0.4) is 0 Å². The second-order valence-corrected chi connectivity index (χ2v) is 17.2. The molecule has 17 heteroatoms. The molecule has 0 aromatic heterocycles. The summed E-state index contributed by atoms with van der Waals surface area (Å²) < 4.78 is 53.2. The van der Waals surface area contributed by atoms with Gasteiger partial charge >= 0.3 is 12.2 Å². The van der Waals surface area contributed by atoms with Gasteiger partial charge in [0.15, 0.2) is 0 Å². The SMILES string of the molecule is CCC[C@H](NC(=O)OC(C)(C)C)C(=O)N1C[C@H](OC(=O)N2Cc3cccc(F)c3C2)C[C@H]1C(=O)N[C@]1(C(=O)NS(=O)(=O)C2CC2)C[C@H]1/C=C\CCCO. The highest BCUT2D eigenvalue weighted by Gasteiger charge is 2.62. The third kappa shape index (κ3) is 9.65. The lowest BCUT2D eigenvalue weighted by atomic mass is 10.1. The fraction of sp³-hybridized carbons (Fsp3) is 0.639. The van der Waals surface area contributed by atoms with E-state index in [4.69, 9.17) is 14.6 Å². The van der Waals surface area contributed by atoms with Crippen molar-refractivity contribution >= 4 is 39.9 Å². The van der Waals surface area contributed by atoms with Gasteiger partial charge in [-0.1, -0.05) is 37.6 Å². The standard InChI is InChI=1S/C36H50FN5O10S/c1-5-10-28(38-33(47)52-35(2,3)4)31(45)42-20-24(51-34(48)41-19-22-11-9-13-27(37)26(22)21-41)17-29(42)30(44)39-36(18-23(36)12-7-6-8-16-43)32(46)40-53(49,50)25-14-15-25/h7,9,11-13,23-25,28-29,43H,5-6,8,10,14-21H2,1-4H3,(H,38,47)(H,39,44)(H,40,46)/b12-7-/t23-,24-,28+,29+,36-/m1/s1. The molecular weight excluding hydrogens is 713 g/mol. The molecule has 4 N–H and O–H groups in total. The number of likely N-dealkylation sites (tertiary alicyclic amines) is 1. The van der Waals surface area contributed by atoms with Crippen LogP contribution in [0.25, 0.3) is 0 Å². The number of nitrogens with one attached hydrogen (secondary N) is 3. The van der Waals surface area contributed by atoms with Crippen molar-refractivity contribution < 1.29 is 51.4 Å². The van der Waals surface area contributed by atoms with Crippen LogP contribution < -0.4 is 15.4 Å². The second-order valence-electron chi connectivity index (χ2n) is 15.2. The van der Waals surface area contributed by atoms with Crippen LogP contribution in [-0.2, 0) is 47.0 Å². The zero-order chi connectivity index (χ0) is 38.7.